The second-order valence-electron chi connectivity index (χ2n) is 4.60. The average molecular weight is 216 g/mol. The number of benzene rings is 1. The zero-order valence-electron chi connectivity index (χ0n) is 10.3. The molecule has 1 heterocycles. The van der Waals surface area contributed by atoms with E-state index in [1.165, 1.54) is 16.6 Å². The molecule has 1 N–H and O–H groups in total. The molecule has 0 spiro atoms. The third-order valence-corrected chi connectivity index (χ3v) is 2.91. The molecule has 1 aromatic carbocycles. The summed E-state index contributed by atoms with van der Waals surface area (Å²) in [4.78, 5) is 0. The molecule has 2 nitrogen and oxygen atoms in total. The summed E-state index contributed by atoms with van der Waals surface area (Å²) in [6.45, 7) is 8.60. The van der Waals surface area contributed by atoms with Crippen LogP contribution in [-0.4, -0.2) is 17.2 Å². The van der Waals surface area contributed by atoms with Crippen LogP contribution in [0, 0.1) is 6.92 Å². The number of hydrogen-bond donors (Lipinski definition) is 1. The molecule has 0 amide bonds. The molecule has 2 rings (SSSR count). The average Bonchev–Trinajstić information content (AvgIpc) is 2.55. The van der Waals surface area contributed by atoms with E-state index in [9.17, 15) is 0 Å². The molecule has 0 radical (unpaired) electrons. The molecular weight excluding hydrogens is 196 g/mol. The Bertz CT molecular complexity index is 469. The van der Waals surface area contributed by atoms with Gasteiger partial charge in [0.15, 0.2) is 0 Å². The van der Waals surface area contributed by atoms with Crippen LogP contribution in [-0.2, 0) is 6.54 Å². The van der Waals surface area contributed by atoms with Crippen molar-refractivity contribution in [3.05, 3.63) is 36.0 Å². The van der Waals surface area contributed by atoms with Crippen LogP contribution in [0.5, 0.6) is 0 Å². The fraction of sp³-hybridized carbons (Fsp3) is 0.429. The highest BCUT2D eigenvalue weighted by molar-refractivity contribution is 5.81. The molecule has 16 heavy (non-hydrogen) atoms. The summed E-state index contributed by atoms with van der Waals surface area (Å²) in [6, 6.07) is 11.4. The third kappa shape index (κ3) is 2.27. The fourth-order valence-electron chi connectivity index (χ4n) is 2.11. The summed E-state index contributed by atoms with van der Waals surface area (Å²) in [7, 11) is 0. The molecule has 2 aromatic rings. The normalized spacial score (nSPS) is 11.5. The van der Waals surface area contributed by atoms with Crippen LogP contribution in [0.3, 0.4) is 0 Å². The second-order valence-corrected chi connectivity index (χ2v) is 4.60. The summed E-state index contributed by atoms with van der Waals surface area (Å²) < 4.78 is 2.38. The lowest BCUT2D eigenvalue weighted by Crippen LogP contribution is -2.26. The van der Waals surface area contributed by atoms with E-state index in [4.69, 9.17) is 0 Å². The Hall–Kier alpha value is -1.28. The van der Waals surface area contributed by atoms with Crippen LogP contribution in [0.15, 0.2) is 30.3 Å². The molecule has 0 fully saturated rings. The van der Waals surface area contributed by atoms with Gasteiger partial charge in [-0.3, -0.25) is 0 Å². The Kier molecular flexibility index (Phi) is 3.30. The van der Waals surface area contributed by atoms with Crippen molar-refractivity contribution in [2.45, 2.75) is 33.4 Å². The van der Waals surface area contributed by atoms with Crippen molar-refractivity contribution < 1.29 is 0 Å². The predicted molar refractivity (Wildman–Crippen MR) is 69.8 cm³/mol. The standard InChI is InChI=1S/C14H20N2/c1-11(2)15-8-9-16-12(3)10-13-6-4-5-7-14(13)16/h4-7,10-11,15H,8-9H2,1-3H3. The number of fused-ring (bicyclic) bond motifs is 1. The van der Waals surface area contributed by atoms with E-state index in [2.05, 4.69) is 61.0 Å². The van der Waals surface area contributed by atoms with E-state index in [-0.39, 0.29) is 0 Å². The largest absolute Gasteiger partial charge is 0.344 e. The topological polar surface area (TPSA) is 17.0 Å². The maximum absolute atomic E-state index is 3.45. The van der Waals surface area contributed by atoms with Gasteiger partial charge in [0.25, 0.3) is 0 Å². The predicted octanol–water partition coefficient (Wildman–Crippen LogP) is 2.95. The van der Waals surface area contributed by atoms with Gasteiger partial charge in [0.2, 0.25) is 0 Å². The molecule has 0 bridgehead atoms. The second kappa shape index (κ2) is 4.71. The molecule has 0 unspecified atom stereocenters. The summed E-state index contributed by atoms with van der Waals surface area (Å²) in [5, 5.41) is 4.79. The van der Waals surface area contributed by atoms with Gasteiger partial charge in [0.1, 0.15) is 0 Å². The first-order chi connectivity index (χ1) is 7.68. The van der Waals surface area contributed by atoms with Gasteiger partial charge in [-0.15, -0.1) is 0 Å². The van der Waals surface area contributed by atoms with Crippen LogP contribution >= 0.6 is 0 Å². The zero-order chi connectivity index (χ0) is 11.5. The molecule has 0 aliphatic rings. The SMILES string of the molecule is Cc1cc2ccccc2n1CCNC(C)C. The smallest absolute Gasteiger partial charge is 0.0482 e. The van der Waals surface area contributed by atoms with Crippen LogP contribution in [0.4, 0.5) is 0 Å². The Morgan fingerprint density at radius 2 is 2.00 bits per heavy atom. The fourth-order valence-corrected chi connectivity index (χ4v) is 2.11. The molecule has 0 atom stereocenters. The van der Waals surface area contributed by atoms with E-state index < -0.39 is 0 Å². The Balaban J connectivity index is 2.19. The molecule has 0 aliphatic carbocycles. The van der Waals surface area contributed by atoms with Crippen molar-refractivity contribution in [3.63, 3.8) is 0 Å². The molecule has 1 aromatic heterocycles. The minimum Gasteiger partial charge on any atom is -0.344 e. The lowest BCUT2D eigenvalue weighted by Gasteiger charge is -2.11. The van der Waals surface area contributed by atoms with E-state index in [1.807, 2.05) is 0 Å². The first-order valence-corrected chi connectivity index (χ1v) is 5.97. The number of hydrogen-bond acceptors (Lipinski definition) is 1. The lowest BCUT2D eigenvalue weighted by molar-refractivity contribution is 0.544. The monoisotopic (exact) mass is 216 g/mol. The first-order valence-electron chi connectivity index (χ1n) is 5.97. The molecule has 86 valence electrons. The quantitative estimate of drug-likeness (QED) is 0.831. The highest BCUT2D eigenvalue weighted by atomic mass is 15.0. The zero-order valence-corrected chi connectivity index (χ0v) is 10.3. The first kappa shape index (κ1) is 11.2. The van der Waals surface area contributed by atoms with Crippen LogP contribution in [0.25, 0.3) is 10.9 Å². The Morgan fingerprint density at radius 3 is 2.75 bits per heavy atom. The van der Waals surface area contributed by atoms with Gasteiger partial charge in [0, 0.05) is 30.3 Å². The number of para-hydroxylation sites is 1. The number of nitrogens with zero attached hydrogens (tertiary/aromatic N) is 1. The third-order valence-electron chi connectivity index (χ3n) is 2.91. The molecule has 0 aliphatic heterocycles. The van der Waals surface area contributed by atoms with Gasteiger partial charge in [-0.25, -0.2) is 0 Å². The van der Waals surface area contributed by atoms with Gasteiger partial charge in [-0.05, 0) is 24.4 Å². The van der Waals surface area contributed by atoms with E-state index in [1.54, 1.807) is 0 Å². The van der Waals surface area contributed by atoms with E-state index in [0.717, 1.165) is 13.1 Å². The summed E-state index contributed by atoms with van der Waals surface area (Å²) in [5.41, 5.74) is 2.68. The molecule has 0 saturated carbocycles. The van der Waals surface area contributed by atoms with Crippen molar-refractivity contribution in [2.75, 3.05) is 6.54 Å². The number of aromatic nitrogens is 1. The van der Waals surface area contributed by atoms with Crippen molar-refractivity contribution in [2.24, 2.45) is 0 Å². The van der Waals surface area contributed by atoms with Crippen molar-refractivity contribution in [1.29, 1.82) is 0 Å². The van der Waals surface area contributed by atoms with Gasteiger partial charge >= 0.3 is 0 Å². The number of aryl methyl sites for hydroxylation is 1. The number of nitrogens with one attached hydrogen (secondary N) is 1. The maximum atomic E-state index is 3.45. The van der Waals surface area contributed by atoms with E-state index in [0.29, 0.717) is 6.04 Å². The van der Waals surface area contributed by atoms with Crippen LogP contribution < -0.4 is 5.32 Å². The lowest BCUT2D eigenvalue weighted by atomic mass is 10.2. The van der Waals surface area contributed by atoms with Gasteiger partial charge in [0.05, 0.1) is 0 Å². The minimum absolute atomic E-state index is 0.558. The molecular formula is C14H20N2. The summed E-state index contributed by atoms with van der Waals surface area (Å²) in [6.07, 6.45) is 0. The summed E-state index contributed by atoms with van der Waals surface area (Å²) in [5.74, 6) is 0. The highest BCUT2D eigenvalue weighted by Crippen LogP contribution is 2.18. The molecule has 2 heteroatoms. The van der Waals surface area contributed by atoms with E-state index >= 15 is 0 Å². The minimum atomic E-state index is 0.558. The Morgan fingerprint density at radius 1 is 1.25 bits per heavy atom. The van der Waals surface area contributed by atoms with Crippen LogP contribution in [0.1, 0.15) is 19.5 Å². The Labute approximate surface area is 97.3 Å². The summed E-state index contributed by atoms with van der Waals surface area (Å²) >= 11 is 0. The highest BCUT2D eigenvalue weighted by Gasteiger charge is 2.04. The molecule has 0 saturated heterocycles. The van der Waals surface area contributed by atoms with Crippen molar-refractivity contribution >= 4 is 10.9 Å². The van der Waals surface area contributed by atoms with Gasteiger partial charge in [-0.1, -0.05) is 32.0 Å². The van der Waals surface area contributed by atoms with Gasteiger partial charge < -0.3 is 9.88 Å². The van der Waals surface area contributed by atoms with Gasteiger partial charge in [-0.2, -0.15) is 0 Å². The van der Waals surface area contributed by atoms with Crippen LogP contribution in [0.2, 0.25) is 0 Å². The maximum Gasteiger partial charge on any atom is 0.0482 e. The number of rotatable bonds is 4. The van der Waals surface area contributed by atoms with Crippen molar-refractivity contribution in [3.8, 4) is 0 Å². The van der Waals surface area contributed by atoms with Crippen molar-refractivity contribution in [1.82, 2.24) is 9.88 Å².